The Morgan fingerprint density at radius 3 is 2.89 bits per heavy atom. The zero-order chi connectivity index (χ0) is 19.7. The largest absolute Gasteiger partial charge is 0.325 e. The summed E-state index contributed by atoms with van der Waals surface area (Å²) in [5, 5.41) is 6.35. The summed E-state index contributed by atoms with van der Waals surface area (Å²) in [5.74, 6) is -0.353. The lowest BCUT2D eigenvalue weighted by Crippen LogP contribution is -2.35. The van der Waals surface area contributed by atoms with Crippen molar-refractivity contribution in [3.05, 3.63) is 46.3 Å². The van der Waals surface area contributed by atoms with Crippen LogP contribution in [0.15, 0.2) is 29.3 Å². The van der Waals surface area contributed by atoms with Gasteiger partial charge in [-0.15, -0.1) is 11.3 Å². The van der Waals surface area contributed by atoms with Gasteiger partial charge in [-0.1, -0.05) is 23.9 Å². The second-order valence-corrected chi connectivity index (χ2v) is 8.43. The van der Waals surface area contributed by atoms with E-state index in [1.54, 1.807) is 17.4 Å². The molecule has 1 aromatic carbocycles. The molecule has 144 valence electrons. The summed E-state index contributed by atoms with van der Waals surface area (Å²) in [4.78, 5) is 35.4. The molecule has 0 spiro atoms. The highest BCUT2D eigenvalue weighted by atomic mass is 32.2. The van der Waals surface area contributed by atoms with Crippen LogP contribution in [0.1, 0.15) is 22.7 Å². The Morgan fingerprint density at radius 1 is 1.25 bits per heavy atom. The zero-order valence-electron chi connectivity index (χ0n) is 15.0. The molecule has 9 heteroatoms. The maximum absolute atomic E-state index is 13.6. The Balaban J connectivity index is 1.42. The number of aromatic nitrogens is 2. The van der Waals surface area contributed by atoms with Crippen LogP contribution in [0.4, 0.5) is 14.9 Å². The van der Waals surface area contributed by atoms with Gasteiger partial charge >= 0.3 is 6.03 Å². The number of carbonyl (C=O) groups excluding carboxylic acids is 2. The van der Waals surface area contributed by atoms with Crippen molar-refractivity contribution in [1.29, 1.82) is 0 Å². The predicted molar refractivity (Wildman–Crippen MR) is 108 cm³/mol. The van der Waals surface area contributed by atoms with Crippen molar-refractivity contribution in [3.8, 4) is 0 Å². The molecule has 0 bridgehead atoms. The Morgan fingerprint density at radius 2 is 2.07 bits per heavy atom. The molecule has 2 N–H and O–H groups in total. The third-order valence-corrected chi connectivity index (χ3v) is 6.52. The second kappa shape index (κ2) is 7.84. The Hall–Kier alpha value is -2.52. The molecule has 0 radical (unpaired) electrons. The molecule has 0 saturated heterocycles. The van der Waals surface area contributed by atoms with Crippen molar-refractivity contribution in [2.75, 3.05) is 11.1 Å². The molecule has 2 aromatic heterocycles. The van der Waals surface area contributed by atoms with Crippen LogP contribution in [0.3, 0.4) is 0 Å². The number of carbonyl (C=O) groups is 2. The van der Waals surface area contributed by atoms with Gasteiger partial charge in [-0.2, -0.15) is 0 Å². The van der Waals surface area contributed by atoms with Crippen LogP contribution in [0.25, 0.3) is 10.2 Å². The molecule has 3 aromatic rings. The van der Waals surface area contributed by atoms with Crippen LogP contribution in [-0.2, 0) is 17.6 Å². The van der Waals surface area contributed by atoms with Gasteiger partial charge in [0.15, 0.2) is 0 Å². The number of fused-ring (bicyclic) bond motifs is 3. The number of anilines is 1. The zero-order valence-corrected chi connectivity index (χ0v) is 16.7. The lowest BCUT2D eigenvalue weighted by molar-refractivity contribution is -0.117. The van der Waals surface area contributed by atoms with Crippen LogP contribution < -0.4 is 10.6 Å². The molecular weight excluding hydrogens is 399 g/mol. The van der Waals surface area contributed by atoms with Crippen LogP contribution in [-0.4, -0.2) is 27.7 Å². The minimum atomic E-state index is -0.767. The fourth-order valence-corrected chi connectivity index (χ4v) is 5.45. The molecule has 2 heterocycles. The van der Waals surface area contributed by atoms with E-state index in [9.17, 15) is 14.0 Å². The fourth-order valence-electron chi connectivity index (χ4n) is 3.18. The minimum absolute atomic E-state index is 0.0161. The van der Waals surface area contributed by atoms with Gasteiger partial charge in [0.25, 0.3) is 0 Å². The van der Waals surface area contributed by atoms with Gasteiger partial charge < -0.3 is 5.32 Å². The highest BCUT2D eigenvalue weighted by molar-refractivity contribution is 8.00. The molecule has 1 aliphatic rings. The standard InChI is InChI=1S/C19H17FN4O2S2/c1-10-21-17(16-11-5-4-8-14(11)28-18(16)22-10)27-9-15(25)24-19(26)23-13-7-3-2-6-12(13)20/h2-3,6-7H,4-5,8-9H2,1H3,(H2,23,24,25,26). The number of thiophene rings is 1. The first-order valence-electron chi connectivity index (χ1n) is 8.78. The molecule has 0 atom stereocenters. The van der Waals surface area contributed by atoms with Crippen molar-refractivity contribution >= 4 is 50.9 Å². The molecule has 1 aliphatic carbocycles. The summed E-state index contributed by atoms with van der Waals surface area (Å²) in [6.07, 6.45) is 3.20. The number of hydrogen-bond acceptors (Lipinski definition) is 6. The van der Waals surface area contributed by atoms with Gasteiger partial charge in [0.2, 0.25) is 5.91 Å². The van der Waals surface area contributed by atoms with Crippen molar-refractivity contribution in [2.45, 2.75) is 31.2 Å². The highest BCUT2D eigenvalue weighted by Crippen LogP contribution is 2.40. The SMILES string of the molecule is Cc1nc(SCC(=O)NC(=O)Nc2ccccc2F)c2c3c(sc2n1)CCC3. The fraction of sp³-hybridized carbons (Fsp3) is 0.263. The Labute approximate surface area is 169 Å². The molecule has 6 nitrogen and oxygen atoms in total. The Bertz CT molecular complexity index is 1080. The van der Waals surface area contributed by atoms with E-state index in [1.165, 1.54) is 40.4 Å². The van der Waals surface area contributed by atoms with Crippen LogP contribution >= 0.6 is 23.1 Å². The number of nitrogens with zero attached hydrogens (tertiary/aromatic N) is 2. The highest BCUT2D eigenvalue weighted by Gasteiger charge is 2.22. The molecule has 4 rings (SSSR count). The number of amides is 3. The van der Waals surface area contributed by atoms with E-state index in [2.05, 4.69) is 20.6 Å². The summed E-state index contributed by atoms with van der Waals surface area (Å²) in [5.41, 5.74) is 1.31. The first-order chi connectivity index (χ1) is 13.5. The maximum Gasteiger partial charge on any atom is 0.325 e. The summed E-state index contributed by atoms with van der Waals surface area (Å²) in [7, 11) is 0. The number of para-hydroxylation sites is 1. The molecular formula is C19H17FN4O2S2. The number of aryl methyl sites for hydroxylation is 3. The van der Waals surface area contributed by atoms with E-state index in [0.717, 1.165) is 34.5 Å². The van der Waals surface area contributed by atoms with Gasteiger partial charge in [-0.05, 0) is 43.9 Å². The summed E-state index contributed by atoms with van der Waals surface area (Å²) in [6, 6.07) is 5.00. The number of benzene rings is 1. The number of rotatable bonds is 4. The van der Waals surface area contributed by atoms with Gasteiger partial charge in [0, 0.05) is 10.3 Å². The number of urea groups is 1. The van der Waals surface area contributed by atoms with Gasteiger partial charge in [0.1, 0.15) is 21.5 Å². The van der Waals surface area contributed by atoms with Crippen LogP contribution in [0.5, 0.6) is 0 Å². The number of thioether (sulfide) groups is 1. The summed E-state index contributed by atoms with van der Waals surface area (Å²) in [6.45, 7) is 1.83. The van der Waals surface area contributed by atoms with Crippen molar-refractivity contribution in [3.63, 3.8) is 0 Å². The average molecular weight is 417 g/mol. The molecule has 0 fully saturated rings. The van der Waals surface area contributed by atoms with E-state index in [1.807, 2.05) is 6.92 Å². The number of nitrogens with one attached hydrogen (secondary N) is 2. The van der Waals surface area contributed by atoms with Gasteiger partial charge in [-0.3, -0.25) is 10.1 Å². The van der Waals surface area contributed by atoms with Gasteiger partial charge in [0.05, 0.1) is 11.4 Å². The average Bonchev–Trinajstić information content (AvgIpc) is 3.22. The van der Waals surface area contributed by atoms with E-state index >= 15 is 0 Å². The normalized spacial score (nSPS) is 12.8. The summed E-state index contributed by atoms with van der Waals surface area (Å²) >= 11 is 2.98. The number of hydrogen-bond donors (Lipinski definition) is 2. The third-order valence-electron chi connectivity index (χ3n) is 4.36. The van der Waals surface area contributed by atoms with Crippen LogP contribution in [0, 0.1) is 12.7 Å². The number of halogens is 1. The molecule has 0 aliphatic heterocycles. The predicted octanol–water partition coefficient (Wildman–Crippen LogP) is 4.07. The maximum atomic E-state index is 13.6. The molecule has 0 saturated carbocycles. The van der Waals surface area contributed by atoms with Crippen LogP contribution in [0.2, 0.25) is 0 Å². The van der Waals surface area contributed by atoms with E-state index in [0.29, 0.717) is 5.82 Å². The monoisotopic (exact) mass is 416 g/mol. The Kier molecular flexibility index (Phi) is 5.27. The van der Waals surface area contributed by atoms with Crippen molar-refractivity contribution < 1.29 is 14.0 Å². The smallest absolute Gasteiger partial charge is 0.305 e. The topological polar surface area (TPSA) is 84.0 Å². The van der Waals surface area contributed by atoms with Crippen molar-refractivity contribution in [2.24, 2.45) is 0 Å². The number of imide groups is 1. The third kappa shape index (κ3) is 3.85. The molecule has 0 unspecified atom stereocenters. The summed E-state index contributed by atoms with van der Waals surface area (Å²) < 4.78 is 13.6. The molecule has 3 amide bonds. The first-order valence-corrected chi connectivity index (χ1v) is 10.6. The van der Waals surface area contributed by atoms with E-state index in [4.69, 9.17) is 0 Å². The van der Waals surface area contributed by atoms with E-state index in [-0.39, 0.29) is 11.4 Å². The first kappa shape index (κ1) is 18.8. The quantitative estimate of drug-likeness (QED) is 0.495. The van der Waals surface area contributed by atoms with E-state index < -0.39 is 17.8 Å². The minimum Gasteiger partial charge on any atom is -0.305 e. The molecule has 28 heavy (non-hydrogen) atoms. The van der Waals surface area contributed by atoms with Gasteiger partial charge in [-0.25, -0.2) is 19.2 Å². The second-order valence-electron chi connectivity index (χ2n) is 6.38. The lowest BCUT2D eigenvalue weighted by Gasteiger charge is -2.08. The lowest BCUT2D eigenvalue weighted by atomic mass is 10.2. The van der Waals surface area contributed by atoms with Crippen molar-refractivity contribution in [1.82, 2.24) is 15.3 Å².